The maximum Gasteiger partial charge on any atom is 0.187 e. The summed E-state index contributed by atoms with van der Waals surface area (Å²) in [6.07, 6.45) is 11.8. The number of fused-ring (bicyclic) bond motifs is 1. The summed E-state index contributed by atoms with van der Waals surface area (Å²) < 4.78 is 0. The summed E-state index contributed by atoms with van der Waals surface area (Å²) in [6.45, 7) is 0. The van der Waals surface area contributed by atoms with E-state index in [2.05, 4.69) is 15.9 Å². The van der Waals surface area contributed by atoms with Crippen molar-refractivity contribution in [1.29, 1.82) is 0 Å². The number of rotatable bonds is 3. The van der Waals surface area contributed by atoms with E-state index in [9.17, 15) is 4.79 Å². The average molecular weight is 304 g/mol. The van der Waals surface area contributed by atoms with Crippen molar-refractivity contribution >= 4 is 28.8 Å². The Morgan fingerprint density at radius 2 is 1.91 bits per heavy atom. The third-order valence-corrected chi connectivity index (χ3v) is 4.05. The second-order valence-electron chi connectivity index (χ2n) is 4.68. The van der Waals surface area contributed by atoms with Crippen LogP contribution >= 0.6 is 11.8 Å². The summed E-state index contributed by atoms with van der Waals surface area (Å²) >= 11 is 1.50. The maximum atomic E-state index is 11.3. The minimum absolute atomic E-state index is 0.556. The van der Waals surface area contributed by atoms with Gasteiger partial charge in [-0.25, -0.2) is 9.97 Å². The summed E-state index contributed by atoms with van der Waals surface area (Å²) in [5.41, 5.74) is 3.11. The molecular formula is C18H12N2OS. The molecule has 0 saturated carbocycles. The van der Waals surface area contributed by atoms with E-state index < -0.39 is 0 Å². The molecule has 106 valence electrons. The molecule has 0 aliphatic heterocycles. The Balaban J connectivity index is 2.14. The lowest BCUT2D eigenvalue weighted by Gasteiger charge is -2.07. The van der Waals surface area contributed by atoms with E-state index in [0.29, 0.717) is 11.1 Å². The first-order valence-electron chi connectivity index (χ1n) is 6.62. The van der Waals surface area contributed by atoms with Crippen LogP contribution in [0.15, 0.2) is 47.9 Å². The summed E-state index contributed by atoms with van der Waals surface area (Å²) in [4.78, 5) is 19.9. The SMILES string of the molecule is C#Cc1ccc2cc(-c3cnc(SC)nc3)ccc2c1C=O. The lowest BCUT2D eigenvalue weighted by molar-refractivity contribution is 0.112. The van der Waals surface area contributed by atoms with E-state index in [0.717, 1.165) is 33.3 Å². The number of aromatic nitrogens is 2. The van der Waals surface area contributed by atoms with Gasteiger partial charge in [-0.15, -0.1) is 6.42 Å². The Bertz CT molecular complexity index is 895. The van der Waals surface area contributed by atoms with Crippen molar-refractivity contribution < 1.29 is 4.79 Å². The number of terminal acetylenes is 1. The molecule has 0 amide bonds. The van der Waals surface area contributed by atoms with Gasteiger partial charge in [-0.3, -0.25) is 4.79 Å². The van der Waals surface area contributed by atoms with Crippen LogP contribution in [-0.2, 0) is 0 Å². The number of nitrogens with zero attached hydrogens (tertiary/aromatic N) is 2. The van der Waals surface area contributed by atoms with Crippen LogP contribution in [0.3, 0.4) is 0 Å². The minimum atomic E-state index is 0.556. The lowest BCUT2D eigenvalue weighted by Crippen LogP contribution is -1.91. The fraction of sp³-hybridized carbons (Fsp3) is 0.0556. The van der Waals surface area contributed by atoms with Gasteiger partial charge in [-0.1, -0.05) is 35.9 Å². The zero-order chi connectivity index (χ0) is 15.5. The van der Waals surface area contributed by atoms with Crippen molar-refractivity contribution in [2.75, 3.05) is 6.26 Å². The van der Waals surface area contributed by atoms with Crippen LogP contribution in [0, 0.1) is 12.3 Å². The van der Waals surface area contributed by atoms with E-state index in [1.807, 2.05) is 30.5 Å². The number of carbonyl (C=O) groups excluding carboxylic acids is 1. The van der Waals surface area contributed by atoms with Crippen molar-refractivity contribution in [3.05, 3.63) is 53.9 Å². The van der Waals surface area contributed by atoms with Crippen molar-refractivity contribution in [3.63, 3.8) is 0 Å². The molecule has 3 rings (SSSR count). The first-order chi connectivity index (χ1) is 10.8. The molecule has 0 fully saturated rings. The number of carbonyl (C=O) groups is 1. The molecule has 0 radical (unpaired) electrons. The molecule has 0 spiro atoms. The highest BCUT2D eigenvalue weighted by Crippen LogP contribution is 2.27. The summed E-state index contributed by atoms with van der Waals surface area (Å²) in [7, 11) is 0. The quantitative estimate of drug-likeness (QED) is 0.319. The molecule has 1 heterocycles. The Kier molecular flexibility index (Phi) is 3.90. The Morgan fingerprint density at radius 1 is 1.14 bits per heavy atom. The number of thioether (sulfide) groups is 1. The maximum absolute atomic E-state index is 11.3. The van der Waals surface area contributed by atoms with E-state index >= 15 is 0 Å². The van der Waals surface area contributed by atoms with E-state index in [4.69, 9.17) is 6.42 Å². The smallest absolute Gasteiger partial charge is 0.187 e. The van der Waals surface area contributed by atoms with Gasteiger partial charge in [0.25, 0.3) is 0 Å². The monoisotopic (exact) mass is 304 g/mol. The molecule has 3 nitrogen and oxygen atoms in total. The van der Waals surface area contributed by atoms with Gasteiger partial charge in [0.15, 0.2) is 11.4 Å². The summed E-state index contributed by atoms with van der Waals surface area (Å²) in [6, 6.07) is 9.60. The average Bonchev–Trinajstić information content (AvgIpc) is 2.60. The largest absolute Gasteiger partial charge is 0.298 e. The molecule has 0 saturated heterocycles. The topological polar surface area (TPSA) is 42.9 Å². The highest BCUT2D eigenvalue weighted by Gasteiger charge is 2.07. The number of aldehydes is 1. The number of hydrogen-bond donors (Lipinski definition) is 0. The lowest BCUT2D eigenvalue weighted by atomic mass is 9.97. The minimum Gasteiger partial charge on any atom is -0.298 e. The molecular weight excluding hydrogens is 292 g/mol. The van der Waals surface area contributed by atoms with Gasteiger partial charge in [0.05, 0.1) is 0 Å². The second kappa shape index (κ2) is 6.00. The fourth-order valence-electron chi connectivity index (χ4n) is 2.36. The van der Waals surface area contributed by atoms with Crippen LogP contribution in [0.4, 0.5) is 0 Å². The van der Waals surface area contributed by atoms with Gasteiger partial charge in [-0.05, 0) is 34.7 Å². The van der Waals surface area contributed by atoms with Gasteiger partial charge in [-0.2, -0.15) is 0 Å². The molecule has 0 N–H and O–H groups in total. The predicted molar refractivity (Wildman–Crippen MR) is 90.1 cm³/mol. The first kappa shape index (κ1) is 14.3. The van der Waals surface area contributed by atoms with Crippen LogP contribution in [-0.4, -0.2) is 22.5 Å². The van der Waals surface area contributed by atoms with Gasteiger partial charge in [0.2, 0.25) is 0 Å². The molecule has 0 unspecified atom stereocenters. The van der Waals surface area contributed by atoms with Crippen LogP contribution in [0.1, 0.15) is 15.9 Å². The van der Waals surface area contributed by atoms with E-state index in [1.165, 1.54) is 11.8 Å². The Labute approximate surface area is 132 Å². The van der Waals surface area contributed by atoms with Crippen molar-refractivity contribution in [1.82, 2.24) is 9.97 Å². The first-order valence-corrected chi connectivity index (χ1v) is 7.84. The predicted octanol–water partition coefficient (Wildman–Crippen LogP) is 3.81. The Hall–Kier alpha value is -2.64. The zero-order valence-electron chi connectivity index (χ0n) is 11.9. The van der Waals surface area contributed by atoms with Crippen molar-refractivity contribution in [3.8, 4) is 23.5 Å². The molecule has 1 aromatic heterocycles. The van der Waals surface area contributed by atoms with Crippen LogP contribution in [0.5, 0.6) is 0 Å². The number of benzene rings is 2. The van der Waals surface area contributed by atoms with E-state index in [-0.39, 0.29) is 0 Å². The fourth-order valence-corrected chi connectivity index (χ4v) is 2.67. The van der Waals surface area contributed by atoms with Gasteiger partial charge in [0.1, 0.15) is 0 Å². The number of hydrogen-bond acceptors (Lipinski definition) is 4. The normalized spacial score (nSPS) is 10.4. The molecule has 22 heavy (non-hydrogen) atoms. The molecule has 0 aliphatic carbocycles. The molecule has 0 bridgehead atoms. The van der Waals surface area contributed by atoms with Crippen LogP contribution in [0.25, 0.3) is 21.9 Å². The van der Waals surface area contributed by atoms with E-state index in [1.54, 1.807) is 18.5 Å². The second-order valence-corrected chi connectivity index (χ2v) is 5.46. The highest BCUT2D eigenvalue weighted by molar-refractivity contribution is 7.98. The van der Waals surface area contributed by atoms with Gasteiger partial charge in [0, 0.05) is 29.1 Å². The highest BCUT2D eigenvalue weighted by atomic mass is 32.2. The summed E-state index contributed by atoms with van der Waals surface area (Å²) in [5.74, 6) is 2.54. The van der Waals surface area contributed by atoms with Gasteiger partial charge < -0.3 is 0 Å². The van der Waals surface area contributed by atoms with Crippen LogP contribution < -0.4 is 0 Å². The van der Waals surface area contributed by atoms with Crippen LogP contribution in [0.2, 0.25) is 0 Å². The standard InChI is InChI=1S/C18H12N2OS/c1-3-12-4-5-14-8-13(6-7-16(14)17(12)11-21)15-9-19-18(22-2)20-10-15/h1,4-11H,2H3. The van der Waals surface area contributed by atoms with Crippen molar-refractivity contribution in [2.45, 2.75) is 5.16 Å². The third-order valence-electron chi connectivity index (χ3n) is 3.48. The third kappa shape index (κ3) is 2.47. The van der Waals surface area contributed by atoms with Crippen molar-refractivity contribution in [2.24, 2.45) is 0 Å². The zero-order valence-corrected chi connectivity index (χ0v) is 12.7. The Morgan fingerprint density at radius 3 is 2.55 bits per heavy atom. The molecule has 2 aromatic carbocycles. The van der Waals surface area contributed by atoms with Gasteiger partial charge >= 0.3 is 0 Å². The molecule has 4 heteroatoms. The molecule has 0 atom stereocenters. The summed E-state index contributed by atoms with van der Waals surface area (Å²) in [5, 5.41) is 2.56. The molecule has 3 aromatic rings. The molecule has 0 aliphatic rings.